The van der Waals surface area contributed by atoms with Crippen molar-refractivity contribution in [1.82, 2.24) is 4.90 Å². The topological polar surface area (TPSA) is 94.9 Å². The third-order valence-electron chi connectivity index (χ3n) is 4.16. The number of halogens is 2. The van der Waals surface area contributed by atoms with Crippen molar-refractivity contribution in [3.63, 3.8) is 0 Å². The van der Waals surface area contributed by atoms with Crippen LogP contribution >= 0.6 is 11.6 Å². The van der Waals surface area contributed by atoms with Crippen molar-refractivity contribution in [2.45, 2.75) is 6.04 Å². The van der Waals surface area contributed by atoms with Gasteiger partial charge in [-0.1, -0.05) is 29.8 Å². The van der Waals surface area contributed by atoms with Crippen molar-refractivity contribution in [3.05, 3.63) is 76.1 Å². The van der Waals surface area contributed by atoms with E-state index in [1.165, 1.54) is 42.5 Å². The number of likely N-dealkylation sites (tertiary alicyclic amines) is 1. The Kier molecular flexibility index (Phi) is 4.96. The third kappa shape index (κ3) is 3.41. The van der Waals surface area contributed by atoms with Crippen LogP contribution < -0.4 is 0 Å². The molecule has 27 heavy (non-hydrogen) atoms. The summed E-state index contributed by atoms with van der Waals surface area (Å²) >= 11 is 5.81. The van der Waals surface area contributed by atoms with E-state index in [4.69, 9.17) is 16.7 Å². The molecule has 6 nitrogen and oxygen atoms in total. The zero-order valence-electron chi connectivity index (χ0n) is 13.7. The van der Waals surface area contributed by atoms with E-state index in [0.29, 0.717) is 5.02 Å². The van der Waals surface area contributed by atoms with Gasteiger partial charge in [-0.25, -0.2) is 4.39 Å². The van der Waals surface area contributed by atoms with Gasteiger partial charge in [-0.05, 0) is 30.3 Å². The van der Waals surface area contributed by atoms with Gasteiger partial charge in [0.2, 0.25) is 0 Å². The van der Waals surface area contributed by atoms with Crippen molar-refractivity contribution in [3.8, 4) is 0 Å². The molecule has 0 saturated carbocycles. The number of carbonyl (C=O) groups excluding carboxylic acids is 2. The molecule has 0 spiro atoms. The molecule has 1 atom stereocenters. The highest BCUT2D eigenvalue weighted by Gasteiger charge is 2.47. The van der Waals surface area contributed by atoms with Crippen LogP contribution in [0.5, 0.6) is 0 Å². The monoisotopic (exact) mass is 389 g/mol. The normalized spacial score (nSPS) is 18.7. The quantitative estimate of drug-likeness (QED) is 0.476. The highest BCUT2D eigenvalue weighted by molar-refractivity contribution is 6.46. The van der Waals surface area contributed by atoms with E-state index in [0.717, 1.165) is 11.0 Å². The molecule has 0 bridgehead atoms. The van der Waals surface area contributed by atoms with Crippen LogP contribution in [0.4, 0.5) is 4.39 Å². The fourth-order valence-corrected chi connectivity index (χ4v) is 3.10. The third-order valence-corrected chi connectivity index (χ3v) is 4.42. The van der Waals surface area contributed by atoms with E-state index in [-0.39, 0.29) is 16.7 Å². The van der Waals surface area contributed by atoms with Gasteiger partial charge in [0.05, 0.1) is 11.6 Å². The minimum atomic E-state index is -1.37. The molecule has 0 radical (unpaired) electrons. The summed E-state index contributed by atoms with van der Waals surface area (Å²) in [6, 6.07) is 9.81. The van der Waals surface area contributed by atoms with Crippen LogP contribution in [-0.4, -0.2) is 39.3 Å². The molecule has 0 unspecified atom stereocenters. The van der Waals surface area contributed by atoms with Gasteiger partial charge in [0.25, 0.3) is 11.7 Å². The van der Waals surface area contributed by atoms with Gasteiger partial charge in [-0.2, -0.15) is 0 Å². The van der Waals surface area contributed by atoms with Gasteiger partial charge in [0.15, 0.2) is 0 Å². The van der Waals surface area contributed by atoms with Crippen LogP contribution in [0, 0.1) is 5.82 Å². The van der Waals surface area contributed by atoms with E-state index in [1.54, 1.807) is 0 Å². The summed E-state index contributed by atoms with van der Waals surface area (Å²) in [5.74, 6) is -4.85. The first-order chi connectivity index (χ1) is 12.8. The molecule has 2 aromatic carbocycles. The Labute approximate surface area is 158 Å². The van der Waals surface area contributed by atoms with Gasteiger partial charge in [-0.15, -0.1) is 0 Å². The first kappa shape index (κ1) is 18.6. The molecule has 2 aromatic rings. The van der Waals surface area contributed by atoms with Crippen LogP contribution in [0.25, 0.3) is 5.76 Å². The van der Waals surface area contributed by atoms with Crippen LogP contribution in [0.3, 0.4) is 0 Å². The Balaban J connectivity index is 2.23. The number of aliphatic hydroxyl groups excluding tert-OH is 1. The number of ketones is 1. The summed E-state index contributed by atoms with van der Waals surface area (Å²) in [6.45, 7) is -0.818. The van der Waals surface area contributed by atoms with E-state index in [2.05, 4.69) is 0 Å². The number of amides is 1. The summed E-state index contributed by atoms with van der Waals surface area (Å²) in [4.78, 5) is 36.8. The van der Waals surface area contributed by atoms with Crippen LogP contribution in [0.15, 0.2) is 54.1 Å². The molecule has 1 aliphatic rings. The number of aliphatic hydroxyl groups is 1. The average Bonchev–Trinajstić information content (AvgIpc) is 2.86. The van der Waals surface area contributed by atoms with E-state index >= 15 is 0 Å². The van der Waals surface area contributed by atoms with Crippen LogP contribution in [0.2, 0.25) is 5.02 Å². The molecule has 0 aliphatic carbocycles. The molecular weight excluding hydrogens is 377 g/mol. The molecule has 138 valence electrons. The highest BCUT2D eigenvalue weighted by Crippen LogP contribution is 2.40. The number of carboxylic acid groups (broad SMARTS) is 1. The smallest absolute Gasteiger partial charge is 0.323 e. The Morgan fingerprint density at radius 3 is 2.30 bits per heavy atom. The highest BCUT2D eigenvalue weighted by atomic mass is 35.5. The van der Waals surface area contributed by atoms with Gasteiger partial charge in [0, 0.05) is 16.1 Å². The molecule has 1 aliphatic heterocycles. The lowest BCUT2D eigenvalue weighted by Crippen LogP contribution is -2.34. The van der Waals surface area contributed by atoms with Gasteiger partial charge < -0.3 is 15.1 Å². The van der Waals surface area contributed by atoms with Crippen LogP contribution in [0.1, 0.15) is 17.2 Å². The molecule has 1 heterocycles. The molecule has 1 fully saturated rings. The maximum Gasteiger partial charge on any atom is 0.323 e. The summed E-state index contributed by atoms with van der Waals surface area (Å²) < 4.78 is 14.4. The predicted molar refractivity (Wildman–Crippen MR) is 94.5 cm³/mol. The lowest BCUT2D eigenvalue weighted by Gasteiger charge is -2.24. The van der Waals surface area contributed by atoms with Gasteiger partial charge in [-0.3, -0.25) is 14.4 Å². The number of hydrogen-bond donors (Lipinski definition) is 2. The molecule has 1 saturated heterocycles. The fourth-order valence-electron chi connectivity index (χ4n) is 2.97. The second-order valence-electron chi connectivity index (χ2n) is 5.85. The second kappa shape index (κ2) is 7.20. The van der Waals surface area contributed by atoms with Crippen LogP contribution in [-0.2, 0) is 14.4 Å². The van der Waals surface area contributed by atoms with E-state index < -0.39 is 41.8 Å². The van der Waals surface area contributed by atoms with Crippen molar-refractivity contribution < 1.29 is 29.0 Å². The molecule has 1 amide bonds. The maximum absolute atomic E-state index is 14.4. The lowest BCUT2D eigenvalue weighted by atomic mass is 9.95. The zero-order valence-corrected chi connectivity index (χ0v) is 14.5. The summed E-state index contributed by atoms with van der Waals surface area (Å²) in [6.07, 6.45) is 0. The predicted octanol–water partition coefficient (Wildman–Crippen LogP) is 2.99. The Morgan fingerprint density at radius 1 is 1.07 bits per heavy atom. The zero-order chi connectivity index (χ0) is 19.7. The number of hydrogen-bond acceptors (Lipinski definition) is 4. The summed E-state index contributed by atoms with van der Waals surface area (Å²) in [5, 5.41) is 20.1. The standard InChI is InChI=1S/C19H13ClFNO5/c20-11-7-5-10(6-8-11)17(25)15-16(12-3-1-2-4-13(12)21)22(9-14(23)24)19(27)18(15)26/h1-8,16,25H,9H2,(H,23,24)/t16-/m1/s1. The van der Waals surface area contributed by atoms with Crippen molar-refractivity contribution in [2.75, 3.05) is 6.54 Å². The van der Waals surface area contributed by atoms with Crippen molar-refractivity contribution >= 4 is 35.0 Å². The summed E-state index contributed by atoms with van der Waals surface area (Å²) in [5.41, 5.74) is -0.281. The lowest BCUT2D eigenvalue weighted by molar-refractivity contribution is -0.146. The molecule has 2 N–H and O–H groups in total. The molecule has 0 aromatic heterocycles. The number of nitrogens with zero attached hydrogens (tertiary/aromatic N) is 1. The molecule has 8 heteroatoms. The van der Waals surface area contributed by atoms with Gasteiger partial charge >= 0.3 is 5.97 Å². The molecular formula is C19H13ClFNO5. The maximum atomic E-state index is 14.4. The van der Waals surface area contributed by atoms with Gasteiger partial charge in [0.1, 0.15) is 18.1 Å². The minimum absolute atomic E-state index is 0.0894. The SMILES string of the molecule is O=C(O)CN1C(=O)C(=O)C(=C(O)c2ccc(Cl)cc2)[C@H]1c1ccccc1F. The largest absolute Gasteiger partial charge is 0.507 e. The minimum Gasteiger partial charge on any atom is -0.507 e. The van der Waals surface area contributed by atoms with Crippen molar-refractivity contribution in [2.24, 2.45) is 0 Å². The van der Waals surface area contributed by atoms with E-state index in [9.17, 15) is 23.9 Å². The first-order valence-corrected chi connectivity index (χ1v) is 8.19. The van der Waals surface area contributed by atoms with E-state index in [1.807, 2.05) is 0 Å². The number of carbonyl (C=O) groups is 3. The number of benzene rings is 2. The second-order valence-corrected chi connectivity index (χ2v) is 6.29. The number of aliphatic carboxylic acids is 1. The number of Topliss-reactive ketones (excluding diaryl/α,β-unsaturated/α-hetero) is 1. The number of carboxylic acids is 1. The number of rotatable bonds is 4. The Morgan fingerprint density at radius 2 is 1.70 bits per heavy atom. The fraction of sp³-hybridized carbons (Fsp3) is 0.105. The Hall–Kier alpha value is -3.19. The first-order valence-electron chi connectivity index (χ1n) is 7.82. The van der Waals surface area contributed by atoms with Crippen molar-refractivity contribution in [1.29, 1.82) is 0 Å². The average molecular weight is 390 g/mol. The Bertz CT molecular complexity index is 970. The molecule has 3 rings (SSSR count). The summed E-state index contributed by atoms with van der Waals surface area (Å²) in [7, 11) is 0.